The maximum atomic E-state index is 12.1. The lowest BCUT2D eigenvalue weighted by Gasteiger charge is -2.13. The van der Waals surface area contributed by atoms with Gasteiger partial charge in [-0.25, -0.2) is 0 Å². The van der Waals surface area contributed by atoms with E-state index >= 15 is 0 Å². The summed E-state index contributed by atoms with van der Waals surface area (Å²) >= 11 is 5.38. The Labute approximate surface area is 107 Å². The Morgan fingerprint density at radius 3 is 2.28 bits per heavy atom. The molecule has 0 atom stereocenters. The quantitative estimate of drug-likeness (QED) is 0.568. The standard InChI is InChI=1S/C11H12ClF3O3/c12-5-6-16-7-8-17-9-3-1-2-4-10(9)18-11(13,14)15/h1-4H,5-8H2. The van der Waals surface area contributed by atoms with E-state index in [0.29, 0.717) is 12.5 Å². The molecule has 0 N–H and O–H groups in total. The first kappa shape index (κ1) is 14.9. The van der Waals surface area contributed by atoms with Crippen molar-refractivity contribution in [3.8, 4) is 11.5 Å². The molecule has 7 heteroatoms. The minimum absolute atomic E-state index is 0.0179. The molecular formula is C11H12ClF3O3. The fourth-order valence-corrected chi connectivity index (χ4v) is 1.25. The van der Waals surface area contributed by atoms with Crippen molar-refractivity contribution in [2.24, 2.45) is 0 Å². The van der Waals surface area contributed by atoms with Gasteiger partial charge in [-0.3, -0.25) is 0 Å². The van der Waals surface area contributed by atoms with E-state index in [1.165, 1.54) is 18.2 Å². The van der Waals surface area contributed by atoms with Gasteiger partial charge >= 0.3 is 6.36 Å². The molecule has 102 valence electrons. The maximum Gasteiger partial charge on any atom is 0.573 e. The lowest BCUT2D eigenvalue weighted by Crippen LogP contribution is -2.18. The zero-order valence-corrected chi connectivity index (χ0v) is 10.1. The molecule has 0 saturated heterocycles. The molecule has 0 aliphatic heterocycles. The summed E-state index contributed by atoms with van der Waals surface area (Å²) in [6.07, 6.45) is -4.74. The third-order valence-corrected chi connectivity index (χ3v) is 1.94. The first-order valence-corrected chi connectivity index (χ1v) is 5.67. The lowest BCUT2D eigenvalue weighted by molar-refractivity contribution is -0.275. The minimum atomic E-state index is -4.74. The monoisotopic (exact) mass is 284 g/mol. The zero-order chi connectivity index (χ0) is 13.4. The summed E-state index contributed by atoms with van der Waals surface area (Å²) in [7, 11) is 0. The van der Waals surface area contributed by atoms with E-state index in [9.17, 15) is 13.2 Å². The topological polar surface area (TPSA) is 27.7 Å². The molecule has 0 aliphatic rings. The first-order chi connectivity index (χ1) is 8.53. The minimum Gasteiger partial charge on any atom is -0.487 e. The summed E-state index contributed by atoms with van der Waals surface area (Å²) in [5, 5.41) is 0. The number of alkyl halides is 4. The first-order valence-electron chi connectivity index (χ1n) is 5.14. The summed E-state index contributed by atoms with van der Waals surface area (Å²) in [4.78, 5) is 0. The SMILES string of the molecule is FC(F)(F)Oc1ccccc1OCCOCCCl. The van der Waals surface area contributed by atoms with E-state index in [0.717, 1.165) is 0 Å². The van der Waals surface area contributed by atoms with Crippen molar-refractivity contribution >= 4 is 11.6 Å². The Morgan fingerprint density at radius 2 is 1.67 bits per heavy atom. The van der Waals surface area contributed by atoms with Crippen LogP contribution in [0.15, 0.2) is 24.3 Å². The molecule has 0 heterocycles. The highest BCUT2D eigenvalue weighted by molar-refractivity contribution is 6.17. The van der Waals surface area contributed by atoms with Gasteiger partial charge in [-0.2, -0.15) is 0 Å². The van der Waals surface area contributed by atoms with Crippen molar-refractivity contribution in [3.63, 3.8) is 0 Å². The Balaban J connectivity index is 2.49. The normalized spacial score (nSPS) is 11.3. The van der Waals surface area contributed by atoms with Gasteiger partial charge in [0.1, 0.15) is 6.61 Å². The maximum absolute atomic E-state index is 12.1. The molecule has 0 unspecified atom stereocenters. The molecule has 0 saturated carbocycles. The summed E-state index contributed by atoms with van der Waals surface area (Å²) in [5.74, 6) is -0.0000289. The van der Waals surface area contributed by atoms with Crippen LogP contribution in [0.2, 0.25) is 0 Å². The molecule has 0 bridgehead atoms. The third-order valence-electron chi connectivity index (χ3n) is 1.78. The van der Waals surface area contributed by atoms with E-state index < -0.39 is 6.36 Å². The largest absolute Gasteiger partial charge is 0.573 e. The molecule has 1 aromatic rings. The summed E-state index contributed by atoms with van der Waals surface area (Å²) in [5.41, 5.74) is 0. The van der Waals surface area contributed by atoms with Crippen LogP contribution in [0, 0.1) is 0 Å². The Hall–Kier alpha value is -1.14. The molecule has 18 heavy (non-hydrogen) atoms. The second-order valence-corrected chi connectivity index (χ2v) is 3.52. The third kappa shape index (κ3) is 5.97. The van der Waals surface area contributed by atoms with Gasteiger partial charge in [0.25, 0.3) is 0 Å². The Bertz CT molecular complexity index is 358. The average molecular weight is 285 g/mol. The van der Waals surface area contributed by atoms with E-state index in [-0.39, 0.29) is 24.7 Å². The van der Waals surface area contributed by atoms with Gasteiger partial charge in [-0.15, -0.1) is 24.8 Å². The highest BCUT2D eigenvalue weighted by Gasteiger charge is 2.32. The second-order valence-electron chi connectivity index (χ2n) is 3.14. The summed E-state index contributed by atoms with van der Waals surface area (Å²) < 4.78 is 50.3. The molecule has 0 aromatic heterocycles. The molecule has 0 fully saturated rings. The highest BCUT2D eigenvalue weighted by Crippen LogP contribution is 2.31. The van der Waals surface area contributed by atoms with Crippen LogP contribution in [0.25, 0.3) is 0 Å². The van der Waals surface area contributed by atoms with E-state index in [2.05, 4.69) is 4.74 Å². The number of benzene rings is 1. The average Bonchev–Trinajstić information content (AvgIpc) is 2.29. The second kappa shape index (κ2) is 7.33. The van der Waals surface area contributed by atoms with Crippen LogP contribution in [0.5, 0.6) is 11.5 Å². The van der Waals surface area contributed by atoms with E-state index in [4.69, 9.17) is 21.1 Å². The molecule has 0 aliphatic carbocycles. The fourth-order valence-electron chi connectivity index (χ4n) is 1.15. The van der Waals surface area contributed by atoms with Gasteiger partial charge < -0.3 is 14.2 Å². The Morgan fingerprint density at radius 1 is 1.00 bits per heavy atom. The number of hydrogen-bond donors (Lipinski definition) is 0. The van der Waals surface area contributed by atoms with Crippen LogP contribution in [0.3, 0.4) is 0 Å². The number of para-hydroxylation sites is 2. The van der Waals surface area contributed by atoms with Gasteiger partial charge in [-0.1, -0.05) is 12.1 Å². The van der Waals surface area contributed by atoms with Gasteiger partial charge in [0, 0.05) is 5.88 Å². The van der Waals surface area contributed by atoms with Crippen molar-refractivity contribution in [1.29, 1.82) is 0 Å². The molecule has 0 amide bonds. The molecular weight excluding hydrogens is 273 g/mol. The van der Waals surface area contributed by atoms with Gasteiger partial charge in [0.2, 0.25) is 0 Å². The Kier molecular flexibility index (Phi) is 6.07. The smallest absolute Gasteiger partial charge is 0.487 e. The molecule has 3 nitrogen and oxygen atoms in total. The van der Waals surface area contributed by atoms with Crippen LogP contribution in [-0.2, 0) is 4.74 Å². The number of halogens is 4. The van der Waals surface area contributed by atoms with Crippen molar-refractivity contribution in [1.82, 2.24) is 0 Å². The number of hydrogen-bond acceptors (Lipinski definition) is 3. The molecule has 0 radical (unpaired) electrons. The van der Waals surface area contributed by atoms with E-state index in [1.54, 1.807) is 6.07 Å². The van der Waals surface area contributed by atoms with E-state index in [1.807, 2.05) is 0 Å². The van der Waals surface area contributed by atoms with Gasteiger partial charge in [0.05, 0.1) is 13.2 Å². The van der Waals surface area contributed by atoms with Crippen molar-refractivity contribution in [3.05, 3.63) is 24.3 Å². The van der Waals surface area contributed by atoms with Crippen LogP contribution < -0.4 is 9.47 Å². The van der Waals surface area contributed by atoms with Crippen LogP contribution in [-0.4, -0.2) is 32.1 Å². The summed E-state index contributed by atoms with van der Waals surface area (Å²) in [6.45, 7) is 0.730. The van der Waals surface area contributed by atoms with Crippen molar-refractivity contribution in [2.75, 3.05) is 25.7 Å². The van der Waals surface area contributed by atoms with Gasteiger partial charge in [-0.05, 0) is 12.1 Å². The van der Waals surface area contributed by atoms with Crippen LogP contribution >= 0.6 is 11.6 Å². The van der Waals surface area contributed by atoms with Gasteiger partial charge in [0.15, 0.2) is 11.5 Å². The van der Waals surface area contributed by atoms with Crippen molar-refractivity contribution in [2.45, 2.75) is 6.36 Å². The van der Waals surface area contributed by atoms with Crippen molar-refractivity contribution < 1.29 is 27.4 Å². The predicted octanol–water partition coefficient (Wildman–Crippen LogP) is 3.22. The molecule has 0 spiro atoms. The summed E-state index contributed by atoms with van der Waals surface area (Å²) in [6, 6.07) is 5.56. The zero-order valence-electron chi connectivity index (χ0n) is 9.37. The number of ether oxygens (including phenoxy) is 3. The van der Waals surface area contributed by atoms with Crippen LogP contribution in [0.4, 0.5) is 13.2 Å². The highest BCUT2D eigenvalue weighted by atomic mass is 35.5. The number of rotatable bonds is 7. The van der Waals surface area contributed by atoms with Crippen LogP contribution in [0.1, 0.15) is 0 Å². The lowest BCUT2D eigenvalue weighted by atomic mass is 10.3. The molecule has 1 rings (SSSR count). The predicted molar refractivity (Wildman–Crippen MR) is 60.2 cm³/mol. The fraction of sp³-hybridized carbons (Fsp3) is 0.455. The molecule has 1 aromatic carbocycles.